The van der Waals surface area contributed by atoms with E-state index in [9.17, 15) is 4.79 Å². The molecule has 1 aliphatic carbocycles. The highest BCUT2D eigenvalue weighted by Gasteiger charge is 2.46. The molecule has 0 atom stereocenters. The van der Waals surface area contributed by atoms with Gasteiger partial charge in [-0.25, -0.2) is 4.98 Å². The van der Waals surface area contributed by atoms with E-state index in [1.807, 2.05) is 22.7 Å². The lowest BCUT2D eigenvalue weighted by Crippen LogP contribution is -2.52. The van der Waals surface area contributed by atoms with E-state index in [0.29, 0.717) is 28.9 Å². The van der Waals surface area contributed by atoms with Crippen molar-refractivity contribution in [1.29, 1.82) is 0 Å². The quantitative estimate of drug-likeness (QED) is 0.775. The van der Waals surface area contributed by atoms with Crippen LogP contribution in [0, 0.1) is 5.41 Å². The van der Waals surface area contributed by atoms with E-state index in [4.69, 9.17) is 5.11 Å². The number of rotatable bonds is 6. The summed E-state index contributed by atoms with van der Waals surface area (Å²) < 4.78 is 1.75. The fourth-order valence-corrected chi connectivity index (χ4v) is 5.31. The molecule has 2 fully saturated rings. The third-order valence-electron chi connectivity index (χ3n) is 6.10. The van der Waals surface area contributed by atoms with E-state index < -0.39 is 0 Å². The number of aliphatic hydroxyl groups excluding tert-OH is 1. The average molecular weight is 404 g/mol. The lowest BCUT2D eigenvalue weighted by atomic mass is 9.60. The summed E-state index contributed by atoms with van der Waals surface area (Å²) in [5, 5.41) is 19.4. The number of likely N-dealkylation sites (tertiary alicyclic amines) is 1. The molecule has 7 nitrogen and oxygen atoms in total. The van der Waals surface area contributed by atoms with Gasteiger partial charge in [0.25, 0.3) is 5.91 Å². The minimum Gasteiger partial charge on any atom is -0.394 e. The van der Waals surface area contributed by atoms with Crippen LogP contribution in [0.1, 0.15) is 60.9 Å². The standard InChI is InChI=1S/C20H29N5O2S/c1-14(2)17-13-28-18(23-17)19(27)24-5-3-20(4-6-24)9-15(10-20)22-16-11-21-25(12-16)7-8-26/h11-15,22,26H,3-10H2,1-2H3. The molecule has 2 aromatic rings. The van der Waals surface area contributed by atoms with Gasteiger partial charge in [0.1, 0.15) is 0 Å². The van der Waals surface area contributed by atoms with Gasteiger partial charge in [-0.1, -0.05) is 13.8 Å². The number of nitrogens with one attached hydrogen (secondary N) is 1. The Labute approximate surface area is 169 Å². The molecule has 28 heavy (non-hydrogen) atoms. The number of nitrogens with zero attached hydrogens (tertiary/aromatic N) is 4. The van der Waals surface area contributed by atoms with Crippen molar-refractivity contribution in [2.24, 2.45) is 5.41 Å². The van der Waals surface area contributed by atoms with Crippen LogP contribution in [0.2, 0.25) is 0 Å². The average Bonchev–Trinajstić information content (AvgIpc) is 3.31. The molecule has 1 saturated carbocycles. The van der Waals surface area contributed by atoms with Crippen molar-refractivity contribution in [2.45, 2.75) is 58.0 Å². The van der Waals surface area contributed by atoms with Crippen LogP contribution in [-0.2, 0) is 6.54 Å². The highest BCUT2D eigenvalue weighted by Crippen LogP contribution is 2.50. The molecular weight excluding hydrogens is 374 g/mol. The summed E-state index contributed by atoms with van der Waals surface area (Å²) in [5.41, 5.74) is 2.41. The largest absolute Gasteiger partial charge is 0.394 e. The van der Waals surface area contributed by atoms with Gasteiger partial charge in [-0.2, -0.15) is 5.10 Å². The molecule has 2 aliphatic rings. The first-order valence-electron chi connectivity index (χ1n) is 10.1. The minimum absolute atomic E-state index is 0.0945. The summed E-state index contributed by atoms with van der Waals surface area (Å²) in [7, 11) is 0. The lowest BCUT2D eigenvalue weighted by Gasteiger charge is -2.52. The van der Waals surface area contributed by atoms with Crippen LogP contribution in [0.25, 0.3) is 0 Å². The topological polar surface area (TPSA) is 83.3 Å². The maximum absolute atomic E-state index is 12.7. The van der Waals surface area contributed by atoms with Gasteiger partial charge in [-0.3, -0.25) is 9.48 Å². The molecule has 2 N–H and O–H groups in total. The number of aromatic nitrogens is 3. The van der Waals surface area contributed by atoms with Gasteiger partial charge < -0.3 is 15.3 Å². The molecule has 0 aromatic carbocycles. The normalized spacial score (nSPS) is 19.2. The molecule has 1 saturated heterocycles. The zero-order chi connectivity index (χ0) is 19.7. The van der Waals surface area contributed by atoms with Crippen molar-refractivity contribution < 1.29 is 9.90 Å². The summed E-state index contributed by atoms with van der Waals surface area (Å²) >= 11 is 1.47. The predicted molar refractivity (Wildman–Crippen MR) is 110 cm³/mol. The Kier molecular flexibility index (Phi) is 5.42. The van der Waals surface area contributed by atoms with Gasteiger partial charge in [0.15, 0.2) is 5.01 Å². The van der Waals surface area contributed by atoms with E-state index >= 15 is 0 Å². The van der Waals surface area contributed by atoms with Gasteiger partial charge in [0, 0.05) is 30.7 Å². The number of hydrogen-bond donors (Lipinski definition) is 2. The van der Waals surface area contributed by atoms with Crippen molar-refractivity contribution in [3.63, 3.8) is 0 Å². The Balaban J connectivity index is 1.26. The molecule has 0 bridgehead atoms. The molecule has 8 heteroatoms. The van der Waals surface area contributed by atoms with Gasteiger partial charge in [0.2, 0.25) is 0 Å². The van der Waals surface area contributed by atoms with Gasteiger partial charge in [-0.05, 0) is 37.0 Å². The van der Waals surface area contributed by atoms with E-state index in [1.165, 1.54) is 11.3 Å². The Morgan fingerprint density at radius 2 is 2.14 bits per heavy atom. The summed E-state index contributed by atoms with van der Waals surface area (Å²) in [6.45, 7) is 6.49. The number of aliphatic hydroxyl groups is 1. The van der Waals surface area contributed by atoms with Crippen LogP contribution in [0.15, 0.2) is 17.8 Å². The van der Waals surface area contributed by atoms with Crippen molar-refractivity contribution >= 4 is 22.9 Å². The van der Waals surface area contributed by atoms with E-state index in [0.717, 1.165) is 50.2 Å². The van der Waals surface area contributed by atoms with Gasteiger partial charge >= 0.3 is 0 Å². The number of piperidine rings is 1. The Morgan fingerprint density at radius 1 is 1.39 bits per heavy atom. The zero-order valence-corrected chi connectivity index (χ0v) is 17.4. The fraction of sp³-hybridized carbons (Fsp3) is 0.650. The molecule has 1 spiro atoms. The third kappa shape index (κ3) is 3.93. The maximum Gasteiger partial charge on any atom is 0.282 e. The number of hydrogen-bond acceptors (Lipinski definition) is 6. The third-order valence-corrected chi connectivity index (χ3v) is 6.95. The molecule has 152 valence electrons. The number of anilines is 1. The monoisotopic (exact) mass is 403 g/mol. The summed E-state index contributed by atoms with van der Waals surface area (Å²) in [4.78, 5) is 19.3. The second kappa shape index (κ2) is 7.83. The van der Waals surface area contributed by atoms with Crippen LogP contribution in [0.3, 0.4) is 0 Å². The van der Waals surface area contributed by atoms with E-state index in [2.05, 4.69) is 29.2 Å². The molecule has 0 unspecified atom stereocenters. The lowest BCUT2D eigenvalue weighted by molar-refractivity contribution is 0.0219. The maximum atomic E-state index is 12.7. The molecule has 0 radical (unpaired) electrons. The second-order valence-corrected chi connectivity index (χ2v) is 9.35. The van der Waals surface area contributed by atoms with Gasteiger partial charge in [0.05, 0.1) is 30.7 Å². The summed E-state index contributed by atoms with van der Waals surface area (Å²) in [6.07, 6.45) is 8.21. The SMILES string of the molecule is CC(C)c1csc(C(=O)N2CCC3(CC2)CC(Nc2cnn(CCO)c2)C3)n1. The van der Waals surface area contributed by atoms with Crippen molar-refractivity contribution in [1.82, 2.24) is 19.7 Å². The number of carbonyl (C=O) groups is 1. The van der Waals surface area contributed by atoms with Crippen LogP contribution in [0.4, 0.5) is 5.69 Å². The van der Waals surface area contributed by atoms with Crippen LogP contribution < -0.4 is 5.32 Å². The molecule has 4 rings (SSSR count). The van der Waals surface area contributed by atoms with Crippen LogP contribution in [-0.4, -0.2) is 56.4 Å². The molecular formula is C20H29N5O2S. The molecule has 2 aromatic heterocycles. The zero-order valence-electron chi connectivity index (χ0n) is 16.6. The minimum atomic E-state index is 0.0945. The van der Waals surface area contributed by atoms with Crippen molar-refractivity contribution in [3.8, 4) is 0 Å². The van der Waals surface area contributed by atoms with Crippen LogP contribution in [0.5, 0.6) is 0 Å². The first-order valence-corrected chi connectivity index (χ1v) is 11.0. The second-order valence-electron chi connectivity index (χ2n) is 8.49. The molecule has 1 amide bonds. The Bertz CT molecular complexity index is 814. The smallest absolute Gasteiger partial charge is 0.282 e. The predicted octanol–water partition coefficient (Wildman–Crippen LogP) is 2.95. The van der Waals surface area contributed by atoms with Crippen molar-refractivity contribution in [3.05, 3.63) is 28.5 Å². The highest BCUT2D eigenvalue weighted by atomic mass is 32.1. The van der Waals surface area contributed by atoms with Gasteiger partial charge in [-0.15, -0.1) is 11.3 Å². The number of carbonyl (C=O) groups excluding carboxylic acids is 1. The Morgan fingerprint density at radius 3 is 2.79 bits per heavy atom. The summed E-state index contributed by atoms with van der Waals surface area (Å²) in [6, 6.07) is 0.474. The first kappa shape index (κ1) is 19.4. The number of thiazole rings is 1. The van der Waals surface area contributed by atoms with Crippen molar-refractivity contribution in [2.75, 3.05) is 25.0 Å². The van der Waals surface area contributed by atoms with E-state index in [-0.39, 0.29) is 12.5 Å². The summed E-state index contributed by atoms with van der Waals surface area (Å²) in [5.74, 6) is 0.453. The van der Waals surface area contributed by atoms with Crippen LogP contribution >= 0.6 is 11.3 Å². The van der Waals surface area contributed by atoms with E-state index in [1.54, 1.807) is 4.68 Å². The molecule has 1 aliphatic heterocycles. The highest BCUT2D eigenvalue weighted by molar-refractivity contribution is 7.11. The first-order chi connectivity index (χ1) is 13.5. The molecule has 3 heterocycles. The number of amides is 1. The Hall–Kier alpha value is -1.93. The fourth-order valence-electron chi connectivity index (χ4n) is 4.36.